The third-order valence-electron chi connectivity index (χ3n) is 4.41. The predicted octanol–water partition coefficient (Wildman–Crippen LogP) is 5.98. The Morgan fingerprint density at radius 3 is 2.55 bits per heavy atom. The van der Waals surface area contributed by atoms with E-state index in [9.17, 15) is 0 Å². The van der Waals surface area contributed by atoms with Gasteiger partial charge in [-0.2, -0.15) is 5.10 Å². The summed E-state index contributed by atoms with van der Waals surface area (Å²) in [5.41, 5.74) is 2.54. The smallest absolute Gasteiger partial charge is 0.211 e. The molecule has 0 aliphatic carbocycles. The molecule has 0 aliphatic heterocycles. The monoisotopic (exact) mass is 399 g/mol. The summed E-state index contributed by atoms with van der Waals surface area (Å²) in [6.45, 7) is 1.91. The van der Waals surface area contributed by atoms with E-state index in [0.717, 1.165) is 38.7 Å². The van der Waals surface area contributed by atoms with Gasteiger partial charge in [-0.05, 0) is 43.3 Å². The highest BCUT2D eigenvalue weighted by atomic mass is 32.1. The summed E-state index contributed by atoms with van der Waals surface area (Å²) in [7, 11) is 0. The van der Waals surface area contributed by atoms with Crippen molar-refractivity contribution in [1.82, 2.24) is 4.68 Å². The van der Waals surface area contributed by atoms with Crippen LogP contribution in [0.25, 0.3) is 22.4 Å². The van der Waals surface area contributed by atoms with Crippen molar-refractivity contribution >= 4 is 34.2 Å². The van der Waals surface area contributed by atoms with Gasteiger partial charge in [-0.1, -0.05) is 36.4 Å². The van der Waals surface area contributed by atoms with Crippen LogP contribution in [0, 0.1) is 6.92 Å². The molecule has 0 saturated carbocycles. The van der Waals surface area contributed by atoms with E-state index in [2.05, 4.69) is 5.10 Å². The van der Waals surface area contributed by atoms with Crippen molar-refractivity contribution in [2.24, 2.45) is 10.1 Å². The van der Waals surface area contributed by atoms with Crippen molar-refractivity contribution in [3.63, 3.8) is 0 Å². The highest BCUT2D eigenvalue weighted by molar-refractivity contribution is 7.07. The van der Waals surface area contributed by atoms with Gasteiger partial charge in [0.2, 0.25) is 4.80 Å². The second-order valence-electron chi connectivity index (χ2n) is 6.50. The van der Waals surface area contributed by atoms with E-state index in [0.29, 0.717) is 5.76 Å². The number of thiazole rings is 1. The van der Waals surface area contributed by atoms with Crippen LogP contribution < -0.4 is 4.80 Å². The van der Waals surface area contributed by atoms with Crippen LogP contribution in [0.15, 0.2) is 97.1 Å². The van der Waals surface area contributed by atoms with Crippen molar-refractivity contribution < 1.29 is 8.83 Å². The Morgan fingerprint density at radius 1 is 0.931 bits per heavy atom. The zero-order valence-corrected chi connectivity index (χ0v) is 16.5. The lowest BCUT2D eigenvalue weighted by atomic mass is 10.2. The third-order valence-corrected chi connectivity index (χ3v) is 5.22. The molecule has 0 amide bonds. The number of aryl methyl sites for hydroxylation is 1. The molecule has 5 nitrogen and oxygen atoms in total. The van der Waals surface area contributed by atoms with Crippen molar-refractivity contribution in [3.05, 3.63) is 94.5 Å². The number of aromatic nitrogens is 1. The molecule has 0 fully saturated rings. The number of rotatable bonds is 4. The fraction of sp³-hybridized carbons (Fsp3) is 0.0435. The van der Waals surface area contributed by atoms with Crippen molar-refractivity contribution in [2.45, 2.75) is 6.92 Å². The molecule has 5 aromatic rings. The molecule has 0 N–H and O–H groups in total. The van der Waals surface area contributed by atoms with E-state index in [1.165, 1.54) is 11.3 Å². The number of furan rings is 2. The van der Waals surface area contributed by atoms with Gasteiger partial charge in [0.15, 0.2) is 5.76 Å². The molecule has 0 spiro atoms. The molecule has 0 unspecified atom stereocenters. The Kier molecular flexibility index (Phi) is 4.46. The minimum absolute atomic E-state index is 0.683. The highest BCUT2D eigenvalue weighted by Crippen LogP contribution is 2.28. The van der Waals surface area contributed by atoms with Crippen LogP contribution in [-0.2, 0) is 0 Å². The topological polar surface area (TPSA) is 55.9 Å². The molecule has 2 aromatic carbocycles. The fourth-order valence-corrected chi connectivity index (χ4v) is 3.85. The molecule has 142 valence electrons. The summed E-state index contributed by atoms with van der Waals surface area (Å²) < 4.78 is 13.5. The highest BCUT2D eigenvalue weighted by Gasteiger charge is 2.13. The van der Waals surface area contributed by atoms with Gasteiger partial charge in [0.05, 0.1) is 11.9 Å². The molecular formula is C23H17N3O2S. The van der Waals surface area contributed by atoms with E-state index in [-0.39, 0.29) is 0 Å². The summed E-state index contributed by atoms with van der Waals surface area (Å²) in [6.07, 6.45) is 1.69. The van der Waals surface area contributed by atoms with E-state index in [4.69, 9.17) is 13.8 Å². The van der Waals surface area contributed by atoms with Crippen LogP contribution in [-0.4, -0.2) is 10.9 Å². The predicted molar refractivity (Wildman–Crippen MR) is 116 cm³/mol. The zero-order valence-electron chi connectivity index (χ0n) is 15.6. The molecule has 0 radical (unpaired) electrons. The molecule has 3 heterocycles. The Balaban J connectivity index is 1.66. The first-order valence-corrected chi connectivity index (χ1v) is 10.0. The van der Waals surface area contributed by atoms with Crippen LogP contribution in [0.4, 0.5) is 5.69 Å². The Hall–Kier alpha value is -3.64. The first-order chi connectivity index (χ1) is 14.3. The first kappa shape index (κ1) is 17.5. The Bertz CT molecular complexity index is 1340. The largest absolute Gasteiger partial charge is 0.460 e. The lowest BCUT2D eigenvalue weighted by Crippen LogP contribution is -2.11. The standard InChI is InChI=1S/C23H17N3O2S/c1-16-11-12-19(27-16)14-24-26-20(22-13-17-7-5-6-10-21(17)28-22)15-29-23(26)25-18-8-3-2-4-9-18/h2-15H,1H3. The third kappa shape index (κ3) is 3.58. The maximum atomic E-state index is 6.06. The van der Waals surface area contributed by atoms with E-state index >= 15 is 0 Å². The SMILES string of the molecule is Cc1ccc(C=Nn2c(-c3cc4ccccc4o3)csc2=Nc2ccccc2)o1. The Labute approximate surface area is 170 Å². The van der Waals surface area contributed by atoms with Crippen LogP contribution >= 0.6 is 11.3 Å². The van der Waals surface area contributed by atoms with Crippen molar-refractivity contribution in [3.8, 4) is 11.5 Å². The average Bonchev–Trinajstić information content (AvgIpc) is 3.45. The normalized spacial score (nSPS) is 12.4. The van der Waals surface area contributed by atoms with Gasteiger partial charge in [0.1, 0.15) is 22.8 Å². The number of benzene rings is 2. The number of para-hydroxylation sites is 2. The van der Waals surface area contributed by atoms with Gasteiger partial charge in [-0.15, -0.1) is 11.3 Å². The summed E-state index contributed by atoms with van der Waals surface area (Å²) in [6, 6.07) is 23.6. The van der Waals surface area contributed by atoms with Crippen molar-refractivity contribution in [2.75, 3.05) is 0 Å². The average molecular weight is 399 g/mol. The summed E-state index contributed by atoms with van der Waals surface area (Å²) in [5.74, 6) is 2.26. The zero-order chi connectivity index (χ0) is 19.6. The lowest BCUT2D eigenvalue weighted by Gasteiger charge is -2.00. The molecule has 0 aliphatic rings. The summed E-state index contributed by atoms with van der Waals surface area (Å²) >= 11 is 1.51. The second-order valence-corrected chi connectivity index (χ2v) is 7.34. The van der Waals surface area contributed by atoms with Gasteiger partial charge < -0.3 is 8.83 Å². The van der Waals surface area contributed by atoms with Crippen LogP contribution in [0.3, 0.4) is 0 Å². The number of fused-ring (bicyclic) bond motifs is 1. The van der Waals surface area contributed by atoms with Crippen LogP contribution in [0.2, 0.25) is 0 Å². The molecule has 0 atom stereocenters. The van der Waals surface area contributed by atoms with Gasteiger partial charge >= 0.3 is 0 Å². The molecule has 0 saturated heterocycles. The first-order valence-electron chi connectivity index (χ1n) is 9.16. The number of nitrogens with zero attached hydrogens (tertiary/aromatic N) is 3. The molecular weight excluding hydrogens is 382 g/mol. The minimum atomic E-state index is 0.683. The quantitative estimate of drug-likeness (QED) is 0.349. The van der Waals surface area contributed by atoms with Gasteiger partial charge in [-0.25, -0.2) is 9.67 Å². The maximum Gasteiger partial charge on any atom is 0.211 e. The molecule has 0 bridgehead atoms. The minimum Gasteiger partial charge on any atom is -0.460 e. The summed E-state index contributed by atoms with van der Waals surface area (Å²) in [4.78, 5) is 5.50. The molecule has 6 heteroatoms. The molecule has 3 aromatic heterocycles. The summed E-state index contributed by atoms with van der Waals surface area (Å²) in [5, 5.41) is 7.70. The number of hydrogen-bond donors (Lipinski definition) is 0. The van der Waals surface area contributed by atoms with E-state index in [1.807, 2.05) is 85.1 Å². The maximum absolute atomic E-state index is 6.06. The molecule has 5 rings (SSSR count). The second kappa shape index (κ2) is 7.41. The number of hydrogen-bond acceptors (Lipinski definition) is 5. The van der Waals surface area contributed by atoms with Crippen LogP contribution in [0.1, 0.15) is 11.5 Å². The van der Waals surface area contributed by atoms with E-state index in [1.54, 1.807) is 10.9 Å². The van der Waals surface area contributed by atoms with Gasteiger partial charge in [-0.3, -0.25) is 0 Å². The van der Waals surface area contributed by atoms with Crippen molar-refractivity contribution in [1.29, 1.82) is 0 Å². The Morgan fingerprint density at radius 2 is 1.76 bits per heavy atom. The fourth-order valence-electron chi connectivity index (χ4n) is 3.02. The van der Waals surface area contributed by atoms with Gasteiger partial charge in [0, 0.05) is 10.8 Å². The lowest BCUT2D eigenvalue weighted by molar-refractivity contribution is 0.527. The van der Waals surface area contributed by atoms with Gasteiger partial charge in [0.25, 0.3) is 0 Å². The molecule has 29 heavy (non-hydrogen) atoms. The van der Waals surface area contributed by atoms with Crippen LogP contribution in [0.5, 0.6) is 0 Å². The van der Waals surface area contributed by atoms with E-state index < -0.39 is 0 Å².